The maximum Gasteiger partial charge on any atom is 0.175 e. The van der Waals surface area contributed by atoms with Gasteiger partial charge in [0.2, 0.25) is 0 Å². The first-order valence-corrected chi connectivity index (χ1v) is 8.83. The Morgan fingerprint density at radius 2 is 2.05 bits per heavy atom. The maximum atomic E-state index is 11.7. The van der Waals surface area contributed by atoms with Gasteiger partial charge in [-0.25, -0.2) is 8.42 Å². The van der Waals surface area contributed by atoms with E-state index in [4.69, 9.17) is 11.6 Å². The summed E-state index contributed by atoms with van der Waals surface area (Å²) in [6.45, 7) is 3.63. The Kier molecular flexibility index (Phi) is 4.23. The van der Waals surface area contributed by atoms with E-state index in [0.717, 1.165) is 6.54 Å². The second kappa shape index (κ2) is 5.43. The molecule has 0 unspecified atom stereocenters. The molecule has 1 saturated carbocycles. The average molecular weight is 302 g/mol. The molecule has 3 nitrogen and oxygen atoms in total. The molecule has 2 rings (SSSR count). The third kappa shape index (κ3) is 3.50. The van der Waals surface area contributed by atoms with Crippen LogP contribution in [0.3, 0.4) is 0 Å². The second-order valence-electron chi connectivity index (χ2n) is 5.45. The number of nitrogens with one attached hydrogen (secondary N) is 1. The second-order valence-corrected chi connectivity index (χ2v) is 7.84. The lowest BCUT2D eigenvalue weighted by Gasteiger charge is -2.15. The first kappa shape index (κ1) is 14.8. The van der Waals surface area contributed by atoms with E-state index in [0.29, 0.717) is 27.4 Å². The normalized spacial score (nSPS) is 17.4. The first-order valence-electron chi connectivity index (χ1n) is 6.56. The van der Waals surface area contributed by atoms with E-state index >= 15 is 0 Å². The van der Waals surface area contributed by atoms with Crippen LogP contribution in [-0.2, 0) is 16.4 Å². The quantitative estimate of drug-likeness (QED) is 0.878. The van der Waals surface area contributed by atoms with Crippen LogP contribution in [0.4, 0.5) is 0 Å². The van der Waals surface area contributed by atoms with Gasteiger partial charge < -0.3 is 5.32 Å². The average Bonchev–Trinajstić information content (AvgIpc) is 3.10. The van der Waals surface area contributed by atoms with Crippen LogP contribution >= 0.6 is 11.6 Å². The molecule has 0 radical (unpaired) electrons. The van der Waals surface area contributed by atoms with Crippen LogP contribution in [0, 0.1) is 5.41 Å². The monoisotopic (exact) mass is 301 g/mol. The van der Waals surface area contributed by atoms with E-state index in [2.05, 4.69) is 12.2 Å². The molecule has 1 aromatic rings. The van der Waals surface area contributed by atoms with Gasteiger partial charge in [0, 0.05) is 29.9 Å². The van der Waals surface area contributed by atoms with E-state index in [-0.39, 0.29) is 0 Å². The number of hydrogen-bond donors (Lipinski definition) is 1. The molecule has 1 fully saturated rings. The molecular weight excluding hydrogens is 282 g/mol. The smallest absolute Gasteiger partial charge is 0.175 e. The summed E-state index contributed by atoms with van der Waals surface area (Å²) in [5.74, 6) is 0. The third-order valence-electron chi connectivity index (χ3n) is 3.98. The molecule has 19 heavy (non-hydrogen) atoms. The fourth-order valence-electron chi connectivity index (χ4n) is 2.34. The van der Waals surface area contributed by atoms with Gasteiger partial charge in [0.1, 0.15) is 0 Å². The predicted octanol–water partition coefficient (Wildman–Crippen LogP) is 3.02. The SMILES string of the molecule is CCC1(CNCc2c(Cl)cccc2S(C)(=O)=O)CC1. The Hall–Kier alpha value is -0.580. The lowest BCUT2D eigenvalue weighted by atomic mass is 10.0. The summed E-state index contributed by atoms with van der Waals surface area (Å²) in [5.41, 5.74) is 1.12. The van der Waals surface area contributed by atoms with Crippen molar-refractivity contribution in [2.75, 3.05) is 12.8 Å². The van der Waals surface area contributed by atoms with E-state index in [1.807, 2.05) is 0 Å². The van der Waals surface area contributed by atoms with Crippen LogP contribution in [0.5, 0.6) is 0 Å². The van der Waals surface area contributed by atoms with Gasteiger partial charge in [0.15, 0.2) is 9.84 Å². The summed E-state index contributed by atoms with van der Waals surface area (Å²) < 4.78 is 23.5. The zero-order valence-corrected chi connectivity index (χ0v) is 12.9. The van der Waals surface area contributed by atoms with Gasteiger partial charge in [-0.1, -0.05) is 24.6 Å². The Morgan fingerprint density at radius 1 is 1.37 bits per heavy atom. The van der Waals surface area contributed by atoms with Crippen LogP contribution in [0.2, 0.25) is 5.02 Å². The highest BCUT2D eigenvalue weighted by atomic mass is 35.5. The number of benzene rings is 1. The molecule has 0 heterocycles. The molecular formula is C14H20ClNO2S. The predicted molar refractivity (Wildman–Crippen MR) is 78.2 cm³/mol. The molecule has 106 valence electrons. The zero-order valence-electron chi connectivity index (χ0n) is 11.4. The highest BCUT2D eigenvalue weighted by molar-refractivity contribution is 7.90. The van der Waals surface area contributed by atoms with Crippen LogP contribution in [-0.4, -0.2) is 21.2 Å². The van der Waals surface area contributed by atoms with Crippen molar-refractivity contribution in [1.82, 2.24) is 5.32 Å². The van der Waals surface area contributed by atoms with Gasteiger partial charge in [0.25, 0.3) is 0 Å². The van der Waals surface area contributed by atoms with Crippen molar-refractivity contribution in [3.05, 3.63) is 28.8 Å². The van der Waals surface area contributed by atoms with Crippen LogP contribution in [0.25, 0.3) is 0 Å². The maximum absolute atomic E-state index is 11.7. The Bertz CT molecular complexity index is 565. The molecule has 1 aliphatic rings. The van der Waals surface area contributed by atoms with Gasteiger partial charge in [-0.3, -0.25) is 0 Å². The van der Waals surface area contributed by atoms with Crippen molar-refractivity contribution in [3.8, 4) is 0 Å². The standard InChI is InChI=1S/C14H20ClNO2S/c1-3-14(7-8-14)10-16-9-11-12(15)5-4-6-13(11)19(2,17)18/h4-6,16H,3,7-10H2,1-2H3. The van der Waals surface area contributed by atoms with Crippen molar-refractivity contribution >= 4 is 21.4 Å². The van der Waals surface area contributed by atoms with Crippen molar-refractivity contribution in [2.24, 2.45) is 5.41 Å². The minimum Gasteiger partial charge on any atom is -0.312 e. The van der Waals surface area contributed by atoms with Crippen LogP contribution in [0.15, 0.2) is 23.1 Å². The van der Waals surface area contributed by atoms with Gasteiger partial charge >= 0.3 is 0 Å². The lowest BCUT2D eigenvalue weighted by Crippen LogP contribution is -2.24. The Labute approximate surface area is 120 Å². The van der Waals surface area contributed by atoms with Gasteiger partial charge in [-0.15, -0.1) is 0 Å². The number of halogens is 1. The molecule has 0 aliphatic heterocycles. The molecule has 1 aliphatic carbocycles. The number of sulfone groups is 1. The Balaban J connectivity index is 2.11. The number of rotatable bonds is 6. The van der Waals surface area contributed by atoms with E-state index in [9.17, 15) is 8.42 Å². The fraction of sp³-hybridized carbons (Fsp3) is 0.571. The van der Waals surface area contributed by atoms with Crippen molar-refractivity contribution in [3.63, 3.8) is 0 Å². The summed E-state index contributed by atoms with van der Waals surface area (Å²) in [7, 11) is -3.24. The molecule has 0 saturated heterocycles. The summed E-state index contributed by atoms with van der Waals surface area (Å²) in [6.07, 6.45) is 4.91. The van der Waals surface area contributed by atoms with E-state index in [1.54, 1.807) is 18.2 Å². The molecule has 5 heteroatoms. The Morgan fingerprint density at radius 3 is 2.58 bits per heavy atom. The molecule has 1 N–H and O–H groups in total. The van der Waals surface area contributed by atoms with E-state index in [1.165, 1.54) is 25.5 Å². The summed E-state index contributed by atoms with van der Waals surface area (Å²) >= 11 is 6.13. The van der Waals surface area contributed by atoms with Crippen molar-refractivity contribution in [2.45, 2.75) is 37.6 Å². The molecule has 1 aromatic carbocycles. The van der Waals surface area contributed by atoms with Gasteiger partial charge in [0.05, 0.1) is 4.90 Å². The molecule has 0 amide bonds. The summed E-state index contributed by atoms with van der Waals surface area (Å²) in [4.78, 5) is 0.328. The minimum atomic E-state index is -3.24. The molecule has 0 bridgehead atoms. The van der Waals surface area contributed by atoms with E-state index < -0.39 is 9.84 Å². The van der Waals surface area contributed by atoms with Crippen molar-refractivity contribution in [1.29, 1.82) is 0 Å². The van der Waals surface area contributed by atoms with Crippen LogP contribution in [0.1, 0.15) is 31.7 Å². The molecule has 0 atom stereocenters. The largest absolute Gasteiger partial charge is 0.312 e. The summed E-state index contributed by atoms with van der Waals surface area (Å²) in [5, 5.41) is 3.87. The number of hydrogen-bond acceptors (Lipinski definition) is 3. The fourth-order valence-corrected chi connectivity index (χ4v) is 3.60. The van der Waals surface area contributed by atoms with Crippen molar-refractivity contribution < 1.29 is 8.42 Å². The highest BCUT2D eigenvalue weighted by Gasteiger charge is 2.39. The van der Waals surface area contributed by atoms with Gasteiger partial charge in [-0.05, 0) is 36.8 Å². The minimum absolute atomic E-state index is 0.328. The third-order valence-corrected chi connectivity index (χ3v) is 5.52. The molecule has 0 spiro atoms. The van der Waals surface area contributed by atoms with Crippen LogP contribution < -0.4 is 5.32 Å². The molecule has 0 aromatic heterocycles. The summed E-state index contributed by atoms with van der Waals surface area (Å²) in [6, 6.07) is 5.03. The zero-order chi connectivity index (χ0) is 14.1. The lowest BCUT2D eigenvalue weighted by molar-refractivity contribution is 0.442. The highest BCUT2D eigenvalue weighted by Crippen LogP contribution is 2.47. The first-order chi connectivity index (χ1) is 8.88. The van der Waals surface area contributed by atoms with Gasteiger partial charge in [-0.2, -0.15) is 0 Å². The topological polar surface area (TPSA) is 46.2 Å².